The van der Waals surface area contributed by atoms with Crippen LogP contribution in [0.15, 0.2) is 43.1 Å². The molecule has 1 aromatic heterocycles. The van der Waals surface area contributed by atoms with Gasteiger partial charge in [0.2, 0.25) is 5.88 Å². The van der Waals surface area contributed by atoms with E-state index in [9.17, 15) is 8.78 Å². The lowest BCUT2D eigenvalue weighted by Crippen LogP contribution is -1.93. The number of halogens is 2. The number of aromatic nitrogens is 1. The van der Waals surface area contributed by atoms with Crippen molar-refractivity contribution in [1.82, 2.24) is 4.98 Å². The van der Waals surface area contributed by atoms with Crippen LogP contribution < -0.4 is 4.74 Å². The minimum Gasteiger partial charge on any atom is -0.497 e. The second kappa shape index (κ2) is 5.48. The summed E-state index contributed by atoms with van der Waals surface area (Å²) in [4.78, 5) is 3.98. The summed E-state index contributed by atoms with van der Waals surface area (Å²) >= 11 is 0. The van der Waals surface area contributed by atoms with E-state index in [2.05, 4.69) is 11.6 Å². The maximum absolute atomic E-state index is 13.4. The van der Waals surface area contributed by atoms with Crippen LogP contribution in [0, 0.1) is 11.6 Å². The fourth-order valence-corrected chi connectivity index (χ4v) is 1.39. The molecular formula is C14H11F2NO2. The van der Waals surface area contributed by atoms with Gasteiger partial charge in [-0.05, 0) is 18.2 Å². The van der Waals surface area contributed by atoms with Crippen LogP contribution in [0.25, 0.3) is 5.76 Å². The molecule has 19 heavy (non-hydrogen) atoms. The lowest BCUT2D eigenvalue weighted by Gasteiger charge is -2.07. The van der Waals surface area contributed by atoms with Gasteiger partial charge in [0, 0.05) is 23.9 Å². The van der Waals surface area contributed by atoms with Gasteiger partial charge >= 0.3 is 0 Å². The molecule has 0 radical (unpaired) electrons. The molecule has 2 rings (SSSR count). The van der Waals surface area contributed by atoms with Crippen LogP contribution >= 0.6 is 0 Å². The molecule has 1 aromatic carbocycles. The van der Waals surface area contributed by atoms with Gasteiger partial charge in [0.1, 0.15) is 11.6 Å². The van der Waals surface area contributed by atoms with Gasteiger partial charge in [0.25, 0.3) is 0 Å². The zero-order valence-corrected chi connectivity index (χ0v) is 10.2. The van der Waals surface area contributed by atoms with E-state index in [0.717, 1.165) is 12.1 Å². The third-order valence-electron chi connectivity index (χ3n) is 2.41. The van der Waals surface area contributed by atoms with Crippen molar-refractivity contribution in [3.8, 4) is 11.6 Å². The first kappa shape index (κ1) is 13.0. The maximum Gasteiger partial charge on any atom is 0.219 e. The Balaban J connectivity index is 2.17. The smallest absolute Gasteiger partial charge is 0.219 e. The standard InChI is InChI=1S/C14H11F2NO2/c1-9(18-2)10-3-6-14(17-8-10)19-13-5-4-11(15)7-12(13)16/h3-8H,1H2,2H3. The molecule has 3 nitrogen and oxygen atoms in total. The Morgan fingerprint density at radius 2 is 2.00 bits per heavy atom. The van der Waals surface area contributed by atoms with Crippen LogP contribution in [0.1, 0.15) is 5.56 Å². The Bertz CT molecular complexity index is 597. The lowest BCUT2D eigenvalue weighted by atomic mass is 10.2. The number of methoxy groups -OCH3 is 1. The number of ether oxygens (including phenoxy) is 2. The molecule has 98 valence electrons. The molecular weight excluding hydrogens is 252 g/mol. The predicted molar refractivity (Wildman–Crippen MR) is 66.7 cm³/mol. The highest BCUT2D eigenvalue weighted by Crippen LogP contribution is 2.24. The minimum atomic E-state index is -0.785. The third kappa shape index (κ3) is 3.07. The van der Waals surface area contributed by atoms with Gasteiger partial charge in [-0.25, -0.2) is 13.8 Å². The molecule has 0 amide bonds. The Morgan fingerprint density at radius 1 is 1.21 bits per heavy atom. The first-order valence-electron chi connectivity index (χ1n) is 5.42. The fourth-order valence-electron chi connectivity index (χ4n) is 1.39. The highest BCUT2D eigenvalue weighted by molar-refractivity contribution is 5.56. The lowest BCUT2D eigenvalue weighted by molar-refractivity contribution is 0.371. The first-order valence-corrected chi connectivity index (χ1v) is 5.42. The van der Waals surface area contributed by atoms with E-state index < -0.39 is 11.6 Å². The number of benzene rings is 1. The molecule has 0 saturated carbocycles. The van der Waals surface area contributed by atoms with Crippen molar-refractivity contribution in [2.75, 3.05) is 7.11 Å². The highest BCUT2D eigenvalue weighted by Gasteiger charge is 2.07. The largest absolute Gasteiger partial charge is 0.497 e. The quantitative estimate of drug-likeness (QED) is 0.787. The average Bonchev–Trinajstić information content (AvgIpc) is 2.42. The van der Waals surface area contributed by atoms with Crippen LogP contribution in [0.3, 0.4) is 0 Å². The molecule has 0 aliphatic heterocycles. The van der Waals surface area contributed by atoms with E-state index in [1.54, 1.807) is 12.1 Å². The Labute approximate surface area is 109 Å². The number of pyridine rings is 1. The van der Waals surface area contributed by atoms with Crippen LogP contribution in [-0.4, -0.2) is 12.1 Å². The zero-order valence-electron chi connectivity index (χ0n) is 10.2. The van der Waals surface area contributed by atoms with Gasteiger partial charge in [-0.2, -0.15) is 0 Å². The van der Waals surface area contributed by atoms with Crippen molar-refractivity contribution >= 4 is 5.76 Å². The van der Waals surface area contributed by atoms with Crippen molar-refractivity contribution in [3.05, 3.63) is 60.3 Å². The molecule has 0 aliphatic rings. The molecule has 0 fully saturated rings. The summed E-state index contributed by atoms with van der Waals surface area (Å²) in [6.07, 6.45) is 1.49. The Kier molecular flexibility index (Phi) is 3.75. The van der Waals surface area contributed by atoms with Crippen molar-refractivity contribution in [2.45, 2.75) is 0 Å². The Hall–Kier alpha value is -2.43. The highest BCUT2D eigenvalue weighted by atomic mass is 19.1. The summed E-state index contributed by atoms with van der Waals surface area (Å²) in [5.74, 6) is -0.880. The zero-order chi connectivity index (χ0) is 13.8. The monoisotopic (exact) mass is 263 g/mol. The molecule has 0 bridgehead atoms. The van der Waals surface area contributed by atoms with Gasteiger partial charge in [-0.1, -0.05) is 6.58 Å². The third-order valence-corrected chi connectivity index (χ3v) is 2.41. The molecule has 5 heteroatoms. The van der Waals surface area contributed by atoms with Crippen LogP contribution in [0.4, 0.5) is 8.78 Å². The second-order valence-corrected chi connectivity index (χ2v) is 3.69. The molecule has 0 spiro atoms. The maximum atomic E-state index is 13.4. The van der Waals surface area contributed by atoms with Gasteiger partial charge in [-0.3, -0.25) is 0 Å². The normalized spacial score (nSPS) is 10.1. The predicted octanol–water partition coefficient (Wildman–Crippen LogP) is 3.77. The van der Waals surface area contributed by atoms with Crippen LogP contribution in [0.2, 0.25) is 0 Å². The van der Waals surface area contributed by atoms with Gasteiger partial charge < -0.3 is 9.47 Å². The summed E-state index contributed by atoms with van der Waals surface area (Å²) in [5.41, 5.74) is 0.689. The first-order chi connectivity index (χ1) is 9.10. The summed E-state index contributed by atoms with van der Waals surface area (Å²) < 4.78 is 36.3. The van der Waals surface area contributed by atoms with E-state index in [0.29, 0.717) is 11.3 Å². The molecule has 0 unspecified atom stereocenters. The molecule has 2 aromatic rings. The number of rotatable bonds is 4. The molecule has 0 atom stereocenters. The summed E-state index contributed by atoms with van der Waals surface area (Å²) in [5, 5.41) is 0. The van der Waals surface area contributed by atoms with Crippen molar-refractivity contribution in [3.63, 3.8) is 0 Å². The summed E-state index contributed by atoms with van der Waals surface area (Å²) in [6, 6.07) is 6.28. The van der Waals surface area contributed by atoms with E-state index in [1.165, 1.54) is 19.4 Å². The number of hydrogen-bond acceptors (Lipinski definition) is 3. The second-order valence-electron chi connectivity index (χ2n) is 3.69. The molecule has 0 N–H and O–H groups in total. The van der Waals surface area contributed by atoms with Crippen LogP contribution in [-0.2, 0) is 4.74 Å². The molecule has 0 saturated heterocycles. The number of nitrogens with zero attached hydrogens (tertiary/aromatic N) is 1. The molecule has 1 heterocycles. The van der Waals surface area contributed by atoms with E-state index in [4.69, 9.17) is 9.47 Å². The fraction of sp³-hybridized carbons (Fsp3) is 0.0714. The van der Waals surface area contributed by atoms with Crippen molar-refractivity contribution < 1.29 is 18.3 Å². The van der Waals surface area contributed by atoms with Gasteiger partial charge in [-0.15, -0.1) is 0 Å². The van der Waals surface area contributed by atoms with Crippen LogP contribution in [0.5, 0.6) is 11.6 Å². The Morgan fingerprint density at radius 3 is 2.58 bits per heavy atom. The average molecular weight is 263 g/mol. The summed E-state index contributed by atoms with van der Waals surface area (Å²) in [6.45, 7) is 3.68. The van der Waals surface area contributed by atoms with Gasteiger partial charge in [0.05, 0.1) is 7.11 Å². The topological polar surface area (TPSA) is 31.4 Å². The van der Waals surface area contributed by atoms with Crippen molar-refractivity contribution in [1.29, 1.82) is 0 Å². The molecule has 0 aliphatic carbocycles. The van der Waals surface area contributed by atoms with E-state index in [1.807, 2.05) is 0 Å². The van der Waals surface area contributed by atoms with Gasteiger partial charge in [0.15, 0.2) is 11.6 Å². The SMILES string of the molecule is C=C(OC)c1ccc(Oc2ccc(F)cc2F)nc1. The number of hydrogen-bond donors (Lipinski definition) is 0. The summed E-state index contributed by atoms with van der Waals surface area (Å²) in [7, 11) is 1.50. The van der Waals surface area contributed by atoms with Crippen molar-refractivity contribution in [2.24, 2.45) is 0 Å². The van der Waals surface area contributed by atoms with E-state index in [-0.39, 0.29) is 11.6 Å². The van der Waals surface area contributed by atoms with E-state index >= 15 is 0 Å². The minimum absolute atomic E-state index is 0.0905.